The number of alkyl halides is 1. The van der Waals surface area contributed by atoms with Crippen LogP contribution in [0, 0.1) is 5.92 Å². The fourth-order valence-electron chi connectivity index (χ4n) is 4.09. The predicted octanol–water partition coefficient (Wildman–Crippen LogP) is 5.81. The van der Waals surface area contributed by atoms with Crippen molar-refractivity contribution in [1.82, 2.24) is 0 Å². The molecule has 1 heterocycles. The van der Waals surface area contributed by atoms with Crippen LogP contribution in [0.25, 0.3) is 0 Å². The number of amides is 1. The van der Waals surface area contributed by atoms with Crippen molar-refractivity contribution in [3.63, 3.8) is 0 Å². The van der Waals surface area contributed by atoms with Crippen LogP contribution < -0.4 is 19.1 Å². The Labute approximate surface area is 208 Å². The number of anilines is 1. The number of ether oxygens (including phenoxy) is 3. The summed E-state index contributed by atoms with van der Waals surface area (Å²) in [5.41, 5.74) is 4.28. The number of halogens is 1. The normalized spacial score (nSPS) is 15.2. The van der Waals surface area contributed by atoms with E-state index < -0.39 is 0 Å². The molecule has 1 unspecified atom stereocenters. The van der Waals surface area contributed by atoms with Gasteiger partial charge in [0.1, 0.15) is 23.9 Å². The summed E-state index contributed by atoms with van der Waals surface area (Å²) in [7, 11) is 3.31. The first kappa shape index (κ1) is 23.4. The second-order valence-corrected chi connectivity index (χ2v) is 9.16. The summed E-state index contributed by atoms with van der Waals surface area (Å²) in [4.78, 5) is 15.2. The van der Waals surface area contributed by atoms with Crippen molar-refractivity contribution in [2.24, 2.45) is 5.92 Å². The molecule has 1 aliphatic rings. The Bertz CT molecular complexity index is 1080. The highest BCUT2D eigenvalue weighted by molar-refractivity contribution is 14.1. The third-order valence-electron chi connectivity index (χ3n) is 5.95. The molecule has 4 rings (SSSR count). The summed E-state index contributed by atoms with van der Waals surface area (Å²) in [6.45, 7) is 1.02. The number of hydrogen-bond donors (Lipinski definition) is 0. The van der Waals surface area contributed by atoms with E-state index in [-0.39, 0.29) is 11.8 Å². The summed E-state index contributed by atoms with van der Waals surface area (Å²) >= 11 is 2.35. The van der Waals surface area contributed by atoms with Crippen molar-refractivity contribution >= 4 is 34.2 Å². The summed E-state index contributed by atoms with van der Waals surface area (Å²) in [6, 6.07) is 21.8. The molecule has 0 aliphatic carbocycles. The van der Waals surface area contributed by atoms with Gasteiger partial charge in [-0.05, 0) is 72.0 Å². The average molecular weight is 557 g/mol. The van der Waals surface area contributed by atoms with E-state index in [0.29, 0.717) is 13.2 Å². The van der Waals surface area contributed by atoms with Gasteiger partial charge in [-0.1, -0.05) is 46.9 Å². The van der Waals surface area contributed by atoms with E-state index in [1.54, 1.807) is 14.2 Å². The zero-order valence-corrected chi connectivity index (χ0v) is 21.1. The van der Waals surface area contributed by atoms with E-state index >= 15 is 0 Å². The molecule has 0 saturated heterocycles. The maximum Gasteiger partial charge on any atom is 0.230 e. The van der Waals surface area contributed by atoms with Crippen molar-refractivity contribution in [1.29, 1.82) is 0 Å². The van der Waals surface area contributed by atoms with Crippen molar-refractivity contribution < 1.29 is 19.0 Å². The Morgan fingerprint density at radius 1 is 0.879 bits per heavy atom. The van der Waals surface area contributed by atoms with Crippen molar-refractivity contribution in [2.75, 3.05) is 23.5 Å². The van der Waals surface area contributed by atoms with Crippen LogP contribution in [0.1, 0.15) is 23.1 Å². The van der Waals surface area contributed by atoms with Gasteiger partial charge in [0.2, 0.25) is 5.91 Å². The largest absolute Gasteiger partial charge is 0.497 e. The number of methoxy groups -OCH3 is 2. The van der Waals surface area contributed by atoms with Gasteiger partial charge in [0, 0.05) is 16.0 Å². The van der Waals surface area contributed by atoms with Gasteiger partial charge in [-0.25, -0.2) is 0 Å². The zero-order valence-electron chi connectivity index (χ0n) is 18.9. The number of rotatable bonds is 9. The van der Waals surface area contributed by atoms with Gasteiger partial charge < -0.3 is 19.1 Å². The van der Waals surface area contributed by atoms with Gasteiger partial charge in [-0.3, -0.25) is 4.79 Å². The summed E-state index contributed by atoms with van der Waals surface area (Å²) < 4.78 is 17.5. The van der Waals surface area contributed by atoms with Gasteiger partial charge in [-0.2, -0.15) is 0 Å². The van der Waals surface area contributed by atoms with Crippen LogP contribution in [0.3, 0.4) is 0 Å². The lowest BCUT2D eigenvalue weighted by Gasteiger charge is -2.34. The second-order valence-electron chi connectivity index (χ2n) is 8.08. The number of nitrogens with zero attached hydrogens (tertiary/aromatic N) is 1. The lowest BCUT2D eigenvalue weighted by molar-refractivity contribution is -0.123. The molecule has 0 N–H and O–H groups in total. The minimum absolute atomic E-state index is 0.00973. The molecule has 33 heavy (non-hydrogen) atoms. The van der Waals surface area contributed by atoms with Gasteiger partial charge in [0.05, 0.1) is 20.8 Å². The minimum Gasteiger partial charge on any atom is -0.497 e. The van der Waals surface area contributed by atoms with E-state index in [0.717, 1.165) is 56.9 Å². The Kier molecular flexibility index (Phi) is 7.75. The van der Waals surface area contributed by atoms with E-state index in [1.165, 1.54) is 0 Å². The first-order valence-electron chi connectivity index (χ1n) is 11.0. The number of carbonyl (C=O) groups is 1. The third kappa shape index (κ3) is 5.61. The van der Waals surface area contributed by atoms with Gasteiger partial charge >= 0.3 is 0 Å². The molecule has 5 nitrogen and oxygen atoms in total. The highest BCUT2D eigenvalue weighted by Gasteiger charge is 2.32. The summed E-state index contributed by atoms with van der Waals surface area (Å²) in [5, 5.41) is 0. The van der Waals surface area contributed by atoms with Crippen LogP contribution in [0.5, 0.6) is 17.2 Å². The summed E-state index contributed by atoms with van der Waals surface area (Å²) in [5.74, 6) is 2.64. The number of carbonyl (C=O) groups excluding carboxylic acids is 1. The molecular weight excluding hydrogens is 529 g/mol. The average Bonchev–Trinajstić information content (AvgIpc) is 2.86. The van der Waals surface area contributed by atoms with Crippen LogP contribution in [0.4, 0.5) is 5.69 Å². The quantitative estimate of drug-likeness (QED) is 0.246. The lowest BCUT2D eigenvalue weighted by atomic mass is 9.89. The first-order valence-corrected chi connectivity index (χ1v) is 12.5. The second kappa shape index (κ2) is 10.9. The number of hydrogen-bond acceptors (Lipinski definition) is 4. The first-order chi connectivity index (χ1) is 16.1. The van der Waals surface area contributed by atoms with E-state index in [1.807, 2.05) is 65.6 Å². The molecule has 6 heteroatoms. The van der Waals surface area contributed by atoms with Crippen molar-refractivity contribution in [2.45, 2.75) is 26.0 Å². The molecule has 1 atom stereocenters. The maximum atomic E-state index is 13.3. The molecule has 1 amide bonds. The monoisotopic (exact) mass is 557 g/mol. The van der Waals surface area contributed by atoms with Crippen LogP contribution in [-0.4, -0.2) is 24.6 Å². The SMILES string of the molecule is COc1ccc(COc2ccc3c(c2)CC(CCI)C(=O)N3Cc2ccc(OC)cc2)cc1. The third-order valence-corrected chi connectivity index (χ3v) is 6.57. The lowest BCUT2D eigenvalue weighted by Crippen LogP contribution is -2.41. The highest BCUT2D eigenvalue weighted by atomic mass is 127. The topological polar surface area (TPSA) is 48.0 Å². The van der Waals surface area contributed by atoms with E-state index in [2.05, 4.69) is 28.7 Å². The van der Waals surface area contributed by atoms with Gasteiger partial charge in [-0.15, -0.1) is 0 Å². The molecule has 0 fully saturated rings. The molecule has 3 aromatic carbocycles. The standard InChI is InChI=1S/C27H28INO4/c1-31-23-7-3-19(4-8-23)17-29-26-12-11-25(16-22(26)15-21(13-14-28)27(29)30)33-18-20-5-9-24(32-2)10-6-20/h3-12,16,21H,13-15,17-18H2,1-2H3. The fourth-order valence-corrected chi connectivity index (χ4v) is 4.84. The molecule has 0 radical (unpaired) electrons. The van der Waals surface area contributed by atoms with Crippen molar-refractivity contribution in [3.05, 3.63) is 83.4 Å². The Hall–Kier alpha value is -2.74. The molecular formula is C27H28INO4. The van der Waals surface area contributed by atoms with E-state index in [4.69, 9.17) is 14.2 Å². The van der Waals surface area contributed by atoms with Crippen molar-refractivity contribution in [3.8, 4) is 17.2 Å². The molecule has 0 aromatic heterocycles. The smallest absolute Gasteiger partial charge is 0.230 e. The number of fused-ring (bicyclic) bond motifs is 1. The molecule has 0 spiro atoms. The van der Waals surface area contributed by atoms with Crippen LogP contribution in [0.15, 0.2) is 66.7 Å². The Morgan fingerprint density at radius 2 is 1.48 bits per heavy atom. The molecule has 0 saturated carbocycles. The van der Waals surface area contributed by atoms with Crippen LogP contribution in [0.2, 0.25) is 0 Å². The fraction of sp³-hybridized carbons (Fsp3) is 0.296. The molecule has 0 bridgehead atoms. The predicted molar refractivity (Wildman–Crippen MR) is 139 cm³/mol. The summed E-state index contributed by atoms with van der Waals surface area (Å²) in [6.07, 6.45) is 1.62. The maximum absolute atomic E-state index is 13.3. The van der Waals surface area contributed by atoms with Crippen LogP contribution in [-0.2, 0) is 24.4 Å². The van der Waals surface area contributed by atoms with Gasteiger partial charge in [0.25, 0.3) is 0 Å². The Balaban J connectivity index is 1.54. The molecule has 3 aromatic rings. The van der Waals surface area contributed by atoms with Crippen LogP contribution >= 0.6 is 22.6 Å². The zero-order chi connectivity index (χ0) is 23.2. The number of benzene rings is 3. The highest BCUT2D eigenvalue weighted by Crippen LogP contribution is 2.36. The minimum atomic E-state index is -0.00973. The van der Waals surface area contributed by atoms with Gasteiger partial charge in [0.15, 0.2) is 0 Å². The Morgan fingerprint density at radius 3 is 2.09 bits per heavy atom. The van der Waals surface area contributed by atoms with E-state index in [9.17, 15) is 4.79 Å². The molecule has 172 valence electrons. The molecule has 1 aliphatic heterocycles.